The lowest BCUT2D eigenvalue weighted by Crippen LogP contribution is -2.35. The predicted octanol–water partition coefficient (Wildman–Crippen LogP) is 5.61. The maximum absolute atomic E-state index is 12.9. The maximum atomic E-state index is 12.9. The number of H-pyrrole nitrogens is 1. The van der Waals surface area contributed by atoms with Crippen LogP contribution in [0.5, 0.6) is 5.75 Å². The SMILES string of the molecule is COc1ccc(NC(=S)N(Cc2cccs2)Cc2cc3c(C)ccc(C)c3[nH]c2=O)cc1. The largest absolute Gasteiger partial charge is 0.497 e. The van der Waals surface area contributed by atoms with Gasteiger partial charge in [0, 0.05) is 21.5 Å². The molecular weight excluding hydrogens is 438 g/mol. The van der Waals surface area contributed by atoms with Gasteiger partial charge in [-0.05, 0) is 79.0 Å². The molecule has 0 aliphatic heterocycles. The second kappa shape index (κ2) is 9.54. The molecule has 4 aromatic rings. The van der Waals surface area contributed by atoms with E-state index in [9.17, 15) is 4.79 Å². The van der Waals surface area contributed by atoms with E-state index < -0.39 is 0 Å². The molecule has 0 atom stereocenters. The number of ether oxygens (including phenoxy) is 1. The number of fused-ring (bicyclic) bond motifs is 1. The lowest BCUT2D eigenvalue weighted by atomic mass is 10.0. The first-order valence-corrected chi connectivity index (χ1v) is 11.6. The van der Waals surface area contributed by atoms with E-state index in [0.717, 1.165) is 33.5 Å². The van der Waals surface area contributed by atoms with Gasteiger partial charge in [-0.25, -0.2) is 0 Å². The summed E-state index contributed by atoms with van der Waals surface area (Å²) >= 11 is 7.42. The summed E-state index contributed by atoms with van der Waals surface area (Å²) in [4.78, 5) is 19.2. The van der Waals surface area contributed by atoms with Crippen molar-refractivity contribution in [2.75, 3.05) is 12.4 Å². The fourth-order valence-corrected chi connectivity index (χ4v) is 4.57. The standard InChI is InChI=1S/C25H25N3O2S2/c1-16-6-7-17(2)23-22(16)13-18(24(29)27-23)14-28(15-21-5-4-12-32-21)25(31)26-19-8-10-20(30-3)11-9-19/h4-13H,14-15H2,1-3H3,(H,26,31)(H,27,29). The minimum atomic E-state index is -0.0883. The van der Waals surface area contributed by atoms with Crippen molar-refractivity contribution in [1.82, 2.24) is 9.88 Å². The summed E-state index contributed by atoms with van der Waals surface area (Å²) in [5, 5.41) is 6.96. The summed E-state index contributed by atoms with van der Waals surface area (Å²) in [7, 11) is 1.64. The molecule has 4 rings (SSSR count). The zero-order valence-corrected chi connectivity index (χ0v) is 19.9. The van der Waals surface area contributed by atoms with E-state index in [1.54, 1.807) is 18.4 Å². The first-order chi connectivity index (χ1) is 15.4. The van der Waals surface area contributed by atoms with Gasteiger partial charge in [0.25, 0.3) is 5.56 Å². The number of aryl methyl sites for hydroxylation is 2. The van der Waals surface area contributed by atoms with Crippen LogP contribution in [0.4, 0.5) is 5.69 Å². The number of thiophene rings is 1. The first kappa shape index (κ1) is 22.0. The highest BCUT2D eigenvalue weighted by atomic mass is 32.1. The number of rotatable bonds is 6. The molecule has 2 aromatic heterocycles. The van der Waals surface area contributed by atoms with Gasteiger partial charge in [0.15, 0.2) is 5.11 Å². The van der Waals surface area contributed by atoms with Crippen LogP contribution < -0.4 is 15.6 Å². The van der Waals surface area contributed by atoms with Crippen LogP contribution in [0, 0.1) is 13.8 Å². The van der Waals surface area contributed by atoms with Crippen molar-refractivity contribution >= 4 is 45.3 Å². The van der Waals surface area contributed by atoms with Gasteiger partial charge in [-0.15, -0.1) is 11.3 Å². The molecule has 2 aromatic carbocycles. The number of nitrogens with zero attached hydrogens (tertiary/aromatic N) is 1. The summed E-state index contributed by atoms with van der Waals surface area (Å²) in [6.45, 7) is 5.08. The van der Waals surface area contributed by atoms with Crippen LogP contribution in [-0.2, 0) is 13.1 Å². The van der Waals surface area contributed by atoms with Crippen molar-refractivity contribution in [2.45, 2.75) is 26.9 Å². The normalized spacial score (nSPS) is 10.8. The molecule has 0 spiro atoms. The van der Waals surface area contributed by atoms with Crippen molar-refractivity contribution in [3.05, 3.63) is 91.9 Å². The smallest absolute Gasteiger partial charge is 0.253 e. The molecule has 0 aliphatic rings. The molecule has 2 heterocycles. The molecule has 2 N–H and O–H groups in total. The van der Waals surface area contributed by atoms with Crippen LogP contribution >= 0.6 is 23.6 Å². The molecular formula is C25H25N3O2S2. The molecule has 164 valence electrons. The molecule has 0 saturated carbocycles. The lowest BCUT2D eigenvalue weighted by Gasteiger charge is -2.25. The third-order valence-electron chi connectivity index (χ3n) is 5.44. The van der Waals surface area contributed by atoms with Gasteiger partial charge in [-0.3, -0.25) is 4.79 Å². The Hall–Kier alpha value is -3.16. The Morgan fingerprint density at radius 3 is 2.53 bits per heavy atom. The molecule has 0 radical (unpaired) electrons. The van der Waals surface area contributed by atoms with Crippen molar-refractivity contribution in [3.8, 4) is 5.75 Å². The number of aromatic nitrogens is 1. The van der Waals surface area contributed by atoms with Gasteiger partial charge < -0.3 is 19.9 Å². The van der Waals surface area contributed by atoms with Crippen LogP contribution in [0.2, 0.25) is 0 Å². The number of anilines is 1. The van der Waals surface area contributed by atoms with Crippen LogP contribution in [0.1, 0.15) is 21.6 Å². The summed E-state index contributed by atoms with van der Waals surface area (Å²) < 4.78 is 5.23. The molecule has 32 heavy (non-hydrogen) atoms. The van der Waals surface area contributed by atoms with Crippen LogP contribution in [0.25, 0.3) is 10.9 Å². The van der Waals surface area contributed by atoms with Gasteiger partial charge in [0.05, 0.1) is 25.7 Å². The minimum Gasteiger partial charge on any atom is -0.497 e. The van der Waals surface area contributed by atoms with Crippen molar-refractivity contribution in [3.63, 3.8) is 0 Å². The average molecular weight is 464 g/mol. The van der Waals surface area contributed by atoms with Crippen molar-refractivity contribution in [1.29, 1.82) is 0 Å². The monoisotopic (exact) mass is 463 g/mol. The molecule has 0 bridgehead atoms. The van der Waals surface area contributed by atoms with Gasteiger partial charge in [0.2, 0.25) is 0 Å². The Kier molecular flexibility index (Phi) is 6.58. The van der Waals surface area contributed by atoms with Gasteiger partial charge in [-0.2, -0.15) is 0 Å². The molecule has 0 unspecified atom stereocenters. The third-order valence-corrected chi connectivity index (χ3v) is 6.66. The van der Waals surface area contributed by atoms with E-state index in [0.29, 0.717) is 23.8 Å². The zero-order valence-electron chi connectivity index (χ0n) is 18.3. The number of hydrogen-bond donors (Lipinski definition) is 2. The zero-order chi connectivity index (χ0) is 22.7. The Labute approximate surface area is 196 Å². The second-order valence-electron chi connectivity index (χ2n) is 7.71. The van der Waals surface area contributed by atoms with Crippen LogP contribution in [-0.4, -0.2) is 22.1 Å². The molecule has 0 saturated heterocycles. The highest BCUT2D eigenvalue weighted by molar-refractivity contribution is 7.80. The Bertz CT molecular complexity index is 1300. The summed E-state index contributed by atoms with van der Waals surface area (Å²) in [6, 6.07) is 17.8. The van der Waals surface area contributed by atoms with E-state index >= 15 is 0 Å². The lowest BCUT2D eigenvalue weighted by molar-refractivity contribution is 0.414. The third kappa shape index (κ3) is 4.84. The second-order valence-corrected chi connectivity index (χ2v) is 9.12. The number of benzene rings is 2. The topological polar surface area (TPSA) is 57.4 Å². The Morgan fingerprint density at radius 1 is 1.09 bits per heavy atom. The van der Waals surface area contributed by atoms with E-state index in [1.165, 1.54) is 4.88 Å². The molecule has 0 amide bonds. The number of methoxy groups -OCH3 is 1. The number of thiocarbonyl (C=S) groups is 1. The predicted molar refractivity (Wildman–Crippen MR) is 137 cm³/mol. The van der Waals surface area contributed by atoms with Crippen LogP contribution in [0.15, 0.2) is 64.8 Å². The van der Waals surface area contributed by atoms with Gasteiger partial charge in [-0.1, -0.05) is 18.2 Å². The number of aromatic amines is 1. The highest BCUT2D eigenvalue weighted by Crippen LogP contribution is 2.22. The van der Waals surface area contributed by atoms with E-state index in [-0.39, 0.29) is 5.56 Å². The van der Waals surface area contributed by atoms with Crippen molar-refractivity contribution in [2.24, 2.45) is 0 Å². The van der Waals surface area contributed by atoms with Gasteiger partial charge >= 0.3 is 0 Å². The summed E-state index contributed by atoms with van der Waals surface area (Å²) in [6.07, 6.45) is 0. The number of pyridine rings is 1. The molecule has 7 heteroatoms. The summed E-state index contributed by atoms with van der Waals surface area (Å²) in [5.74, 6) is 0.783. The van der Waals surface area contributed by atoms with E-state index in [4.69, 9.17) is 17.0 Å². The number of hydrogen-bond acceptors (Lipinski definition) is 4. The quantitative estimate of drug-likeness (QED) is 0.364. The highest BCUT2D eigenvalue weighted by Gasteiger charge is 2.16. The average Bonchev–Trinajstić information content (AvgIpc) is 3.30. The van der Waals surface area contributed by atoms with Crippen molar-refractivity contribution < 1.29 is 4.74 Å². The minimum absolute atomic E-state index is 0.0883. The van der Waals surface area contributed by atoms with Crippen LogP contribution in [0.3, 0.4) is 0 Å². The first-order valence-electron chi connectivity index (χ1n) is 10.3. The molecule has 0 aliphatic carbocycles. The Morgan fingerprint density at radius 2 is 1.84 bits per heavy atom. The maximum Gasteiger partial charge on any atom is 0.253 e. The van der Waals surface area contributed by atoms with E-state index in [1.807, 2.05) is 59.7 Å². The van der Waals surface area contributed by atoms with E-state index in [2.05, 4.69) is 29.4 Å². The fourth-order valence-electron chi connectivity index (χ4n) is 3.61. The van der Waals surface area contributed by atoms with Gasteiger partial charge in [0.1, 0.15) is 5.75 Å². The summed E-state index contributed by atoms with van der Waals surface area (Å²) in [5.41, 5.74) is 4.54. The molecule has 0 fully saturated rings. The molecule has 5 nitrogen and oxygen atoms in total. The Balaban J connectivity index is 1.64. The fraction of sp³-hybridized carbons (Fsp3) is 0.200. The number of nitrogens with one attached hydrogen (secondary N) is 2.